The van der Waals surface area contributed by atoms with Crippen LogP contribution >= 0.6 is 0 Å². The van der Waals surface area contributed by atoms with Crippen molar-refractivity contribution in [3.05, 3.63) is 24.5 Å². The maximum Gasteiger partial charge on any atom is 0.228 e. The van der Waals surface area contributed by atoms with E-state index in [0.29, 0.717) is 24.5 Å². The molecule has 1 aromatic heterocycles. The maximum atomic E-state index is 12.3. The fraction of sp³-hybridized carbons (Fsp3) is 0.600. The Kier molecular flexibility index (Phi) is 2.88. The van der Waals surface area contributed by atoms with E-state index in [1.807, 2.05) is 10.9 Å². The number of carbonyl (C=O) groups is 1. The second-order valence-electron chi connectivity index (χ2n) is 6.10. The summed E-state index contributed by atoms with van der Waals surface area (Å²) in [7, 11) is 0. The number of fused-ring (bicyclic) bond motifs is 2. The summed E-state index contributed by atoms with van der Waals surface area (Å²) in [4.78, 5) is 12.3. The quantitative estimate of drug-likeness (QED) is 0.857. The van der Waals surface area contributed by atoms with Gasteiger partial charge in [0.1, 0.15) is 0 Å². The van der Waals surface area contributed by atoms with Gasteiger partial charge in [0.2, 0.25) is 5.91 Å². The Morgan fingerprint density at radius 3 is 3.05 bits per heavy atom. The Balaban J connectivity index is 1.41. The number of anilines is 1. The van der Waals surface area contributed by atoms with Gasteiger partial charge in [-0.2, -0.15) is 5.10 Å². The number of ether oxygens (including phenoxy) is 1. The SMILES string of the molecule is O=C(Nc1cnn([C@@H]2CCOC2)c1)[C@H]1C[C@H]2C=C[C@H]1C2. The minimum atomic E-state index is 0.142. The molecule has 1 N–H and O–H groups in total. The van der Waals surface area contributed by atoms with Gasteiger partial charge in [0.05, 0.1) is 24.5 Å². The lowest BCUT2D eigenvalue weighted by Gasteiger charge is -2.16. The Morgan fingerprint density at radius 2 is 2.35 bits per heavy atom. The molecule has 1 aliphatic heterocycles. The van der Waals surface area contributed by atoms with Crippen molar-refractivity contribution in [2.45, 2.75) is 25.3 Å². The predicted octanol–water partition coefficient (Wildman–Crippen LogP) is 2.00. The molecule has 0 unspecified atom stereocenters. The van der Waals surface area contributed by atoms with Crippen molar-refractivity contribution in [3.8, 4) is 0 Å². The summed E-state index contributed by atoms with van der Waals surface area (Å²) in [6, 6.07) is 0.311. The lowest BCUT2D eigenvalue weighted by Crippen LogP contribution is -2.25. The van der Waals surface area contributed by atoms with Crippen LogP contribution in [0.4, 0.5) is 5.69 Å². The minimum absolute atomic E-state index is 0.142. The highest BCUT2D eigenvalue weighted by molar-refractivity contribution is 5.93. The molecule has 1 saturated carbocycles. The third kappa shape index (κ3) is 2.06. The highest BCUT2D eigenvalue weighted by Crippen LogP contribution is 2.43. The fourth-order valence-corrected chi connectivity index (χ4v) is 3.65. The van der Waals surface area contributed by atoms with Crippen molar-refractivity contribution in [1.29, 1.82) is 0 Å². The van der Waals surface area contributed by atoms with Crippen LogP contribution in [0.5, 0.6) is 0 Å². The standard InChI is InChI=1S/C15H19N3O2/c19-15(14-6-10-1-2-11(14)5-10)17-12-7-16-18(8-12)13-3-4-20-9-13/h1-2,7-8,10-11,13-14H,3-6,9H2,(H,17,19)/t10-,11-,13+,14-/m0/s1. The summed E-state index contributed by atoms with van der Waals surface area (Å²) in [5.41, 5.74) is 0.800. The van der Waals surface area contributed by atoms with Crippen LogP contribution in [0.3, 0.4) is 0 Å². The molecule has 4 atom stereocenters. The van der Waals surface area contributed by atoms with E-state index in [0.717, 1.165) is 31.6 Å². The molecule has 0 radical (unpaired) electrons. The summed E-state index contributed by atoms with van der Waals surface area (Å²) in [6.07, 6.45) is 11.3. The summed E-state index contributed by atoms with van der Waals surface area (Å²) in [5.74, 6) is 1.35. The second kappa shape index (κ2) is 4.74. The third-order valence-electron chi connectivity index (χ3n) is 4.76. The first-order valence-electron chi connectivity index (χ1n) is 7.40. The van der Waals surface area contributed by atoms with E-state index < -0.39 is 0 Å². The van der Waals surface area contributed by atoms with Gasteiger partial charge in [0.25, 0.3) is 0 Å². The Morgan fingerprint density at radius 1 is 1.40 bits per heavy atom. The predicted molar refractivity (Wildman–Crippen MR) is 74.2 cm³/mol. The van der Waals surface area contributed by atoms with Crippen molar-refractivity contribution < 1.29 is 9.53 Å². The lowest BCUT2D eigenvalue weighted by molar-refractivity contribution is -0.120. The zero-order valence-corrected chi connectivity index (χ0v) is 11.4. The van der Waals surface area contributed by atoms with E-state index in [1.165, 1.54) is 0 Å². The van der Waals surface area contributed by atoms with Crippen molar-refractivity contribution in [1.82, 2.24) is 9.78 Å². The van der Waals surface area contributed by atoms with E-state index in [2.05, 4.69) is 22.6 Å². The normalized spacial score (nSPS) is 34.8. The van der Waals surface area contributed by atoms with E-state index in [9.17, 15) is 4.79 Å². The van der Waals surface area contributed by atoms with Gasteiger partial charge in [-0.1, -0.05) is 12.2 Å². The van der Waals surface area contributed by atoms with Crippen molar-refractivity contribution in [2.24, 2.45) is 17.8 Å². The first-order chi connectivity index (χ1) is 9.79. The average Bonchev–Trinajstić information content (AvgIpc) is 3.22. The number of aromatic nitrogens is 2. The molecule has 2 heterocycles. The highest BCUT2D eigenvalue weighted by atomic mass is 16.5. The molecule has 5 nitrogen and oxygen atoms in total. The molecule has 106 valence electrons. The summed E-state index contributed by atoms with van der Waals surface area (Å²) in [6.45, 7) is 1.51. The molecule has 1 saturated heterocycles. The highest BCUT2D eigenvalue weighted by Gasteiger charge is 2.39. The van der Waals surface area contributed by atoms with Crippen LogP contribution in [0.15, 0.2) is 24.5 Å². The van der Waals surface area contributed by atoms with Crippen LogP contribution in [-0.2, 0) is 9.53 Å². The molecule has 1 aromatic rings. The molecule has 2 bridgehead atoms. The van der Waals surface area contributed by atoms with Crippen LogP contribution in [-0.4, -0.2) is 28.9 Å². The Bertz CT molecular complexity index is 545. The van der Waals surface area contributed by atoms with E-state index in [1.54, 1.807) is 6.20 Å². The topological polar surface area (TPSA) is 56.2 Å². The molecule has 4 rings (SSSR count). The summed E-state index contributed by atoms with van der Waals surface area (Å²) >= 11 is 0. The maximum absolute atomic E-state index is 12.3. The largest absolute Gasteiger partial charge is 0.379 e. The molecule has 0 spiro atoms. The van der Waals surface area contributed by atoms with Crippen LogP contribution in [0.25, 0.3) is 0 Å². The van der Waals surface area contributed by atoms with E-state index in [-0.39, 0.29) is 11.8 Å². The summed E-state index contributed by atoms with van der Waals surface area (Å²) in [5, 5.41) is 7.35. The van der Waals surface area contributed by atoms with Crippen LogP contribution < -0.4 is 5.32 Å². The van der Waals surface area contributed by atoms with Gasteiger partial charge in [-0.3, -0.25) is 9.48 Å². The first-order valence-corrected chi connectivity index (χ1v) is 7.40. The van der Waals surface area contributed by atoms with Gasteiger partial charge in [-0.15, -0.1) is 0 Å². The molecule has 2 aliphatic carbocycles. The fourth-order valence-electron chi connectivity index (χ4n) is 3.65. The van der Waals surface area contributed by atoms with Crippen molar-refractivity contribution in [3.63, 3.8) is 0 Å². The number of nitrogens with zero attached hydrogens (tertiary/aromatic N) is 2. The third-order valence-corrected chi connectivity index (χ3v) is 4.76. The lowest BCUT2D eigenvalue weighted by atomic mass is 9.93. The molecule has 2 fully saturated rings. The van der Waals surface area contributed by atoms with Crippen LogP contribution in [0, 0.1) is 17.8 Å². The van der Waals surface area contributed by atoms with Gasteiger partial charge < -0.3 is 10.1 Å². The molecule has 3 aliphatic rings. The number of allylic oxidation sites excluding steroid dienone is 2. The van der Waals surface area contributed by atoms with Gasteiger partial charge >= 0.3 is 0 Å². The number of carbonyl (C=O) groups excluding carboxylic acids is 1. The van der Waals surface area contributed by atoms with E-state index in [4.69, 9.17) is 4.74 Å². The number of hydrogen-bond donors (Lipinski definition) is 1. The molecule has 5 heteroatoms. The second-order valence-corrected chi connectivity index (χ2v) is 6.10. The monoisotopic (exact) mass is 273 g/mol. The van der Waals surface area contributed by atoms with Crippen LogP contribution in [0.1, 0.15) is 25.3 Å². The first kappa shape index (κ1) is 12.1. The zero-order valence-electron chi connectivity index (χ0n) is 11.4. The van der Waals surface area contributed by atoms with Crippen LogP contribution in [0.2, 0.25) is 0 Å². The van der Waals surface area contributed by atoms with Crippen molar-refractivity contribution in [2.75, 3.05) is 18.5 Å². The average molecular weight is 273 g/mol. The molecule has 0 aromatic carbocycles. The van der Waals surface area contributed by atoms with Gasteiger partial charge in [0, 0.05) is 18.7 Å². The Hall–Kier alpha value is -1.62. The smallest absolute Gasteiger partial charge is 0.228 e. The molecular formula is C15H19N3O2. The van der Waals surface area contributed by atoms with Gasteiger partial charge in [-0.05, 0) is 31.1 Å². The van der Waals surface area contributed by atoms with Gasteiger partial charge in [0.15, 0.2) is 0 Å². The molecule has 1 amide bonds. The molecular weight excluding hydrogens is 254 g/mol. The molecule has 20 heavy (non-hydrogen) atoms. The Labute approximate surface area is 118 Å². The summed E-state index contributed by atoms with van der Waals surface area (Å²) < 4.78 is 7.27. The van der Waals surface area contributed by atoms with E-state index >= 15 is 0 Å². The number of rotatable bonds is 3. The minimum Gasteiger partial charge on any atom is -0.379 e. The van der Waals surface area contributed by atoms with Crippen molar-refractivity contribution >= 4 is 11.6 Å². The number of hydrogen-bond acceptors (Lipinski definition) is 3. The van der Waals surface area contributed by atoms with Gasteiger partial charge in [-0.25, -0.2) is 0 Å². The zero-order chi connectivity index (χ0) is 13.5. The number of nitrogens with one attached hydrogen (secondary N) is 1. The number of amides is 1.